The summed E-state index contributed by atoms with van der Waals surface area (Å²) in [4.78, 5) is 29.4. The number of hydrogen-bond acceptors (Lipinski definition) is 7. The number of alkyl halides is 2. The number of amides is 2. The van der Waals surface area contributed by atoms with Crippen LogP contribution in [-0.4, -0.2) is 68.6 Å². The highest BCUT2D eigenvalue weighted by Crippen LogP contribution is 2.35. The molecule has 2 aliphatic rings. The van der Waals surface area contributed by atoms with Gasteiger partial charge in [-0.2, -0.15) is 10.4 Å². The molecular formula is C28H31F2N7O3. The Balaban J connectivity index is 1.32. The van der Waals surface area contributed by atoms with Crippen molar-refractivity contribution in [3.05, 3.63) is 47.8 Å². The number of hydrogen-bond donors (Lipinski definition) is 4. The lowest BCUT2D eigenvalue weighted by atomic mass is 9.80. The maximum Gasteiger partial charge on any atom is 0.255 e. The van der Waals surface area contributed by atoms with Crippen molar-refractivity contribution in [3.63, 3.8) is 0 Å². The van der Waals surface area contributed by atoms with Gasteiger partial charge in [-0.05, 0) is 63.3 Å². The summed E-state index contributed by atoms with van der Waals surface area (Å²) < 4.78 is 29.0. The van der Waals surface area contributed by atoms with E-state index < -0.39 is 29.8 Å². The molecule has 3 aromatic rings. The first-order valence-electron chi connectivity index (χ1n) is 13.2. The molecule has 0 radical (unpaired) electrons. The third kappa shape index (κ3) is 5.89. The first kappa shape index (κ1) is 27.5. The largest absolute Gasteiger partial charge is 0.387 e. The van der Waals surface area contributed by atoms with Crippen LogP contribution < -0.4 is 16.0 Å². The number of aromatic nitrogens is 3. The molecule has 0 saturated heterocycles. The number of halogens is 2. The number of nitrogens with zero attached hydrogens (tertiary/aromatic N) is 4. The molecule has 210 valence electrons. The highest BCUT2D eigenvalue weighted by atomic mass is 19.1. The first-order chi connectivity index (χ1) is 19.0. The van der Waals surface area contributed by atoms with E-state index >= 15 is 0 Å². The molecule has 2 unspecified atom stereocenters. The van der Waals surface area contributed by atoms with Crippen LogP contribution in [-0.2, 0) is 4.79 Å². The van der Waals surface area contributed by atoms with Gasteiger partial charge >= 0.3 is 0 Å². The summed E-state index contributed by atoms with van der Waals surface area (Å²) in [7, 11) is 0. The Kier molecular flexibility index (Phi) is 7.42. The Morgan fingerprint density at radius 3 is 2.65 bits per heavy atom. The summed E-state index contributed by atoms with van der Waals surface area (Å²) in [5, 5.41) is 32.1. The lowest BCUT2D eigenvalue weighted by Gasteiger charge is -2.37. The second-order valence-electron chi connectivity index (χ2n) is 11.1. The van der Waals surface area contributed by atoms with Gasteiger partial charge < -0.3 is 21.1 Å². The third-order valence-corrected chi connectivity index (χ3v) is 7.46. The van der Waals surface area contributed by atoms with Gasteiger partial charge in [0.15, 0.2) is 0 Å². The Bertz CT molecular complexity index is 1470. The van der Waals surface area contributed by atoms with Crippen LogP contribution in [0.4, 0.5) is 14.5 Å². The van der Waals surface area contributed by atoms with Crippen molar-refractivity contribution in [2.75, 3.05) is 18.4 Å². The molecule has 0 spiro atoms. The standard InChI is InChI=1S/C28H31F2N7O3/c1-28(2,40)25(30)14-34-27(39)20-13-32-23(24-4-3-18-7-16(10-31)12-35-37(18)24)9-22(20)36-17-5-15(6-17)11-33-26(38)19-8-21(19)29/h3-4,7,9,12-13,15,17,19,21,25,40H,5-6,8,11,14H2,1-2H3,(H,32,36)(H,33,38)(H,34,39)/t15?,17?,19?,21?,25-/m1/s1. The molecule has 5 rings (SSSR count). The molecule has 40 heavy (non-hydrogen) atoms. The van der Waals surface area contributed by atoms with Gasteiger partial charge in [0, 0.05) is 18.8 Å². The number of nitrogens with one attached hydrogen (secondary N) is 3. The van der Waals surface area contributed by atoms with E-state index in [0.29, 0.717) is 41.1 Å². The van der Waals surface area contributed by atoms with Crippen LogP contribution in [0.25, 0.3) is 16.9 Å². The van der Waals surface area contributed by atoms with Crippen LogP contribution >= 0.6 is 0 Å². The molecular weight excluding hydrogens is 520 g/mol. The second-order valence-corrected chi connectivity index (χ2v) is 11.1. The summed E-state index contributed by atoms with van der Waals surface area (Å²) in [6.45, 7) is 2.76. The molecule has 4 N–H and O–H groups in total. The van der Waals surface area contributed by atoms with Crippen molar-refractivity contribution < 1.29 is 23.5 Å². The van der Waals surface area contributed by atoms with Crippen molar-refractivity contribution in [3.8, 4) is 17.5 Å². The molecule has 0 aliphatic heterocycles. The Labute approximate surface area is 229 Å². The van der Waals surface area contributed by atoms with Gasteiger partial charge in [-0.1, -0.05) is 0 Å². The number of nitriles is 1. The number of pyridine rings is 1. The molecule has 0 aromatic carbocycles. The van der Waals surface area contributed by atoms with Crippen LogP contribution in [0.2, 0.25) is 0 Å². The zero-order valence-corrected chi connectivity index (χ0v) is 22.2. The summed E-state index contributed by atoms with van der Waals surface area (Å²) >= 11 is 0. The molecule has 12 heteroatoms. The first-order valence-corrected chi connectivity index (χ1v) is 13.2. The van der Waals surface area contributed by atoms with Gasteiger partial charge in [0.1, 0.15) is 18.4 Å². The zero-order valence-electron chi connectivity index (χ0n) is 22.2. The highest BCUT2D eigenvalue weighted by molar-refractivity contribution is 6.00. The van der Waals surface area contributed by atoms with Crippen molar-refractivity contribution in [2.24, 2.45) is 11.8 Å². The fraction of sp³-hybridized carbons (Fsp3) is 0.464. The molecule has 2 aliphatic carbocycles. The molecule has 3 atom stereocenters. The number of carbonyl (C=O) groups excluding carboxylic acids is 2. The van der Waals surface area contributed by atoms with E-state index in [2.05, 4.69) is 32.1 Å². The number of rotatable bonds is 10. The Hall–Kier alpha value is -4.11. The SMILES string of the molecule is CC(C)(O)[C@H](F)CNC(=O)c1cnc(-c2ccc3cc(C#N)cnn23)cc1NC1CC(CNC(=O)C2CC2F)C1. The predicted octanol–water partition coefficient (Wildman–Crippen LogP) is 2.77. The van der Waals surface area contributed by atoms with E-state index in [1.807, 2.05) is 12.1 Å². The van der Waals surface area contributed by atoms with Crippen molar-refractivity contribution in [2.45, 2.75) is 57.1 Å². The van der Waals surface area contributed by atoms with Crippen LogP contribution in [0.5, 0.6) is 0 Å². The summed E-state index contributed by atoms with van der Waals surface area (Å²) in [5.41, 5.74) is 1.43. The quantitative estimate of drug-likeness (QED) is 0.303. The monoisotopic (exact) mass is 551 g/mol. The minimum atomic E-state index is -1.66. The maximum atomic E-state index is 14.3. The third-order valence-electron chi connectivity index (χ3n) is 7.46. The maximum absolute atomic E-state index is 14.3. The van der Waals surface area contributed by atoms with E-state index in [0.717, 1.165) is 12.8 Å². The summed E-state index contributed by atoms with van der Waals surface area (Å²) in [6, 6.07) is 9.14. The summed E-state index contributed by atoms with van der Waals surface area (Å²) in [6.07, 6.45) is 1.94. The minimum Gasteiger partial charge on any atom is -0.387 e. The number of aliphatic hydroxyl groups is 1. The predicted molar refractivity (Wildman–Crippen MR) is 143 cm³/mol. The van der Waals surface area contributed by atoms with Gasteiger partial charge in [-0.15, -0.1) is 0 Å². The molecule has 10 nitrogen and oxygen atoms in total. The van der Waals surface area contributed by atoms with Crippen molar-refractivity contribution in [1.82, 2.24) is 25.2 Å². The van der Waals surface area contributed by atoms with Gasteiger partial charge in [0.05, 0.1) is 58.0 Å². The topological polar surface area (TPSA) is 144 Å². The average molecular weight is 552 g/mol. The van der Waals surface area contributed by atoms with E-state index in [-0.39, 0.29) is 30.0 Å². The van der Waals surface area contributed by atoms with Gasteiger partial charge in [0.2, 0.25) is 5.91 Å². The fourth-order valence-corrected chi connectivity index (χ4v) is 4.73. The van der Waals surface area contributed by atoms with Crippen molar-refractivity contribution >= 4 is 23.0 Å². The van der Waals surface area contributed by atoms with Crippen LogP contribution in [0.1, 0.15) is 49.0 Å². The molecule has 2 amide bonds. The zero-order chi connectivity index (χ0) is 28.6. The summed E-state index contributed by atoms with van der Waals surface area (Å²) in [5.74, 6) is -1.08. The highest BCUT2D eigenvalue weighted by Gasteiger charge is 2.44. The second kappa shape index (κ2) is 10.8. The number of anilines is 1. The average Bonchev–Trinajstić information content (AvgIpc) is 3.49. The van der Waals surface area contributed by atoms with E-state index in [1.165, 1.54) is 26.2 Å². The van der Waals surface area contributed by atoms with Gasteiger partial charge in [0.25, 0.3) is 5.91 Å². The van der Waals surface area contributed by atoms with Crippen LogP contribution in [0, 0.1) is 23.2 Å². The normalized spacial score (nSPS) is 22.6. The Morgan fingerprint density at radius 2 is 1.98 bits per heavy atom. The van der Waals surface area contributed by atoms with Crippen LogP contribution in [0.15, 0.2) is 36.7 Å². The van der Waals surface area contributed by atoms with Gasteiger partial charge in [-0.25, -0.2) is 13.3 Å². The van der Waals surface area contributed by atoms with E-state index in [4.69, 9.17) is 5.26 Å². The van der Waals surface area contributed by atoms with Crippen molar-refractivity contribution in [1.29, 1.82) is 5.26 Å². The van der Waals surface area contributed by atoms with E-state index in [1.54, 1.807) is 16.6 Å². The lowest BCUT2D eigenvalue weighted by Crippen LogP contribution is -2.43. The van der Waals surface area contributed by atoms with Gasteiger partial charge in [-0.3, -0.25) is 14.6 Å². The molecule has 2 saturated carbocycles. The fourth-order valence-electron chi connectivity index (χ4n) is 4.73. The van der Waals surface area contributed by atoms with E-state index in [9.17, 15) is 23.5 Å². The molecule has 3 heterocycles. The minimum absolute atomic E-state index is 0.0178. The smallest absolute Gasteiger partial charge is 0.255 e. The molecule has 0 bridgehead atoms. The lowest BCUT2D eigenvalue weighted by molar-refractivity contribution is -0.123. The van der Waals surface area contributed by atoms with Crippen LogP contribution in [0.3, 0.4) is 0 Å². The molecule has 2 fully saturated rings. The Morgan fingerprint density at radius 1 is 1.23 bits per heavy atom. The number of fused-ring (bicyclic) bond motifs is 1. The molecule has 3 aromatic heterocycles. The number of carbonyl (C=O) groups is 2.